The maximum Gasteiger partial charge on any atom is 0.241 e. The third-order valence-electron chi connectivity index (χ3n) is 2.96. The molecule has 0 atom stereocenters. The zero-order valence-electron chi connectivity index (χ0n) is 12.5. The fraction of sp³-hybridized carbons (Fsp3) is 0.467. The van der Waals surface area contributed by atoms with Crippen LogP contribution in [0.3, 0.4) is 0 Å². The van der Waals surface area contributed by atoms with Crippen molar-refractivity contribution in [3.63, 3.8) is 0 Å². The van der Waals surface area contributed by atoms with Crippen LogP contribution in [0.4, 0.5) is 5.69 Å². The van der Waals surface area contributed by atoms with E-state index < -0.39 is 10.0 Å². The van der Waals surface area contributed by atoms with Crippen molar-refractivity contribution in [2.75, 3.05) is 50.3 Å². The highest BCUT2D eigenvalue weighted by Crippen LogP contribution is 2.32. The Balaban J connectivity index is 2.12. The number of anilines is 1. The van der Waals surface area contributed by atoms with Crippen LogP contribution in [0.25, 0.3) is 0 Å². The quantitative estimate of drug-likeness (QED) is 0.733. The van der Waals surface area contributed by atoms with Crippen molar-refractivity contribution in [2.24, 2.45) is 0 Å². The number of likely N-dealkylation sites (N-methyl/N-ethyl adjacent to an activating group) is 1. The first-order chi connectivity index (χ1) is 9.35. The minimum absolute atomic E-state index is 0.124. The van der Waals surface area contributed by atoms with Crippen LogP contribution in [0.1, 0.15) is 5.69 Å². The van der Waals surface area contributed by atoms with Gasteiger partial charge in [0.25, 0.3) is 0 Å². The van der Waals surface area contributed by atoms with Crippen LogP contribution in [-0.2, 0) is 4.79 Å². The summed E-state index contributed by atoms with van der Waals surface area (Å²) in [6.07, 6.45) is 8.19. The summed E-state index contributed by atoms with van der Waals surface area (Å²) in [6, 6.07) is 3.82. The van der Waals surface area contributed by atoms with Crippen molar-refractivity contribution in [1.29, 1.82) is 0 Å². The van der Waals surface area contributed by atoms with Crippen molar-refractivity contribution in [1.82, 2.24) is 9.88 Å². The van der Waals surface area contributed by atoms with Crippen LogP contribution in [-0.4, -0.2) is 61.2 Å². The summed E-state index contributed by atoms with van der Waals surface area (Å²) in [4.78, 5) is 20.1. The third-order valence-corrected chi connectivity index (χ3v) is 3.67. The topological polar surface area (TPSA) is 36.4 Å². The standard InChI is InChI=1S/C15H21N3OS/c1-17-8-9-18(15(19)12-17)14-6-5-13(16-11-14)7-10-20(2,3)4/h5-6,11H,8-9,12H2,1-4H3. The summed E-state index contributed by atoms with van der Waals surface area (Å²) in [7, 11) is 1.12. The van der Waals surface area contributed by atoms with E-state index in [4.69, 9.17) is 0 Å². The van der Waals surface area contributed by atoms with Gasteiger partial charge in [0.05, 0.1) is 18.4 Å². The van der Waals surface area contributed by atoms with Crippen LogP contribution in [0.5, 0.6) is 0 Å². The molecule has 1 fully saturated rings. The number of rotatable bonds is 1. The number of hydrogen-bond acceptors (Lipinski definition) is 3. The smallest absolute Gasteiger partial charge is 0.241 e. The Morgan fingerprint density at radius 1 is 1.25 bits per heavy atom. The predicted molar refractivity (Wildman–Crippen MR) is 86.3 cm³/mol. The van der Waals surface area contributed by atoms with Gasteiger partial charge in [-0.05, 0) is 49.1 Å². The van der Waals surface area contributed by atoms with Crippen molar-refractivity contribution < 1.29 is 4.79 Å². The molecule has 1 amide bonds. The largest absolute Gasteiger partial charge is 0.308 e. The number of piperazine rings is 1. The van der Waals surface area contributed by atoms with E-state index in [0.29, 0.717) is 13.1 Å². The molecule has 20 heavy (non-hydrogen) atoms. The summed E-state index contributed by atoms with van der Waals surface area (Å²) >= 11 is 0. The van der Waals surface area contributed by atoms with E-state index in [1.807, 2.05) is 24.1 Å². The first kappa shape index (κ1) is 14.9. The van der Waals surface area contributed by atoms with Crippen LogP contribution in [0, 0.1) is 11.2 Å². The molecule has 2 heterocycles. The lowest BCUT2D eigenvalue weighted by Gasteiger charge is -2.31. The zero-order chi connectivity index (χ0) is 14.8. The van der Waals surface area contributed by atoms with E-state index in [-0.39, 0.29) is 5.91 Å². The highest BCUT2D eigenvalue weighted by Gasteiger charge is 2.22. The van der Waals surface area contributed by atoms with Gasteiger partial charge in [0.2, 0.25) is 5.91 Å². The van der Waals surface area contributed by atoms with Crippen molar-refractivity contribution >= 4 is 21.6 Å². The molecular weight excluding hydrogens is 270 g/mol. The Labute approximate surface area is 122 Å². The fourth-order valence-electron chi connectivity index (χ4n) is 1.89. The van der Waals surface area contributed by atoms with Crippen LogP contribution < -0.4 is 4.90 Å². The average Bonchev–Trinajstić information content (AvgIpc) is 2.36. The van der Waals surface area contributed by atoms with E-state index in [9.17, 15) is 4.79 Å². The van der Waals surface area contributed by atoms with Gasteiger partial charge in [0.15, 0.2) is 0 Å². The molecular formula is C15H21N3OS. The molecule has 0 spiro atoms. The van der Waals surface area contributed by atoms with Gasteiger partial charge in [-0.1, -0.05) is 0 Å². The van der Waals surface area contributed by atoms with Gasteiger partial charge < -0.3 is 4.90 Å². The monoisotopic (exact) mass is 291 g/mol. The summed E-state index contributed by atoms with van der Waals surface area (Å²) in [5, 5.41) is 3.24. The van der Waals surface area contributed by atoms with Gasteiger partial charge in [0, 0.05) is 13.1 Å². The fourth-order valence-corrected chi connectivity index (χ4v) is 2.30. The van der Waals surface area contributed by atoms with Gasteiger partial charge in [-0.2, -0.15) is 10.0 Å². The van der Waals surface area contributed by atoms with Gasteiger partial charge >= 0.3 is 0 Å². The summed E-state index contributed by atoms with van der Waals surface area (Å²) in [5.41, 5.74) is 1.62. The van der Waals surface area contributed by atoms with Gasteiger partial charge in [0.1, 0.15) is 5.69 Å². The van der Waals surface area contributed by atoms with Crippen molar-refractivity contribution in [2.45, 2.75) is 0 Å². The number of carbonyl (C=O) groups is 1. The number of pyridine rings is 1. The van der Waals surface area contributed by atoms with E-state index in [2.05, 4.69) is 34.9 Å². The Kier molecular flexibility index (Phi) is 4.36. The summed E-state index contributed by atoms with van der Waals surface area (Å²) < 4.78 is 0. The molecule has 4 nitrogen and oxygen atoms in total. The molecule has 1 aliphatic rings. The zero-order valence-corrected chi connectivity index (χ0v) is 13.3. The summed E-state index contributed by atoms with van der Waals surface area (Å²) in [6.45, 7) is 2.07. The Morgan fingerprint density at radius 3 is 2.55 bits per heavy atom. The van der Waals surface area contributed by atoms with Crippen LogP contribution in [0.2, 0.25) is 0 Å². The molecule has 2 rings (SSSR count). The lowest BCUT2D eigenvalue weighted by atomic mass is 10.2. The minimum Gasteiger partial charge on any atom is -0.308 e. The highest BCUT2D eigenvalue weighted by molar-refractivity contribution is 8.35. The second kappa shape index (κ2) is 5.86. The van der Waals surface area contributed by atoms with E-state index in [1.165, 1.54) is 0 Å². The molecule has 0 saturated carbocycles. The van der Waals surface area contributed by atoms with Gasteiger partial charge in [-0.3, -0.25) is 9.69 Å². The first-order valence-electron chi connectivity index (χ1n) is 6.51. The Hall–Kier alpha value is -1.51. The molecule has 5 heteroatoms. The lowest BCUT2D eigenvalue weighted by molar-refractivity contribution is -0.120. The molecule has 0 bridgehead atoms. The normalized spacial score (nSPS) is 17.6. The average molecular weight is 291 g/mol. The Bertz CT molecular complexity index is 551. The molecule has 0 aromatic carbocycles. The molecule has 1 aromatic rings. The van der Waals surface area contributed by atoms with E-state index in [0.717, 1.165) is 17.9 Å². The molecule has 0 aliphatic carbocycles. The Morgan fingerprint density at radius 2 is 2.00 bits per heavy atom. The number of carbonyl (C=O) groups excluding carboxylic acids is 1. The van der Waals surface area contributed by atoms with E-state index in [1.54, 1.807) is 11.1 Å². The van der Waals surface area contributed by atoms with Crippen LogP contribution in [0.15, 0.2) is 18.3 Å². The van der Waals surface area contributed by atoms with E-state index >= 15 is 0 Å². The van der Waals surface area contributed by atoms with Gasteiger partial charge in [-0.25, -0.2) is 4.98 Å². The molecule has 1 aromatic heterocycles. The SMILES string of the molecule is CN1CCN(c2ccc(C#CS(C)(C)C)nc2)C(=O)C1. The molecule has 1 aliphatic heterocycles. The number of hydrogen-bond donors (Lipinski definition) is 0. The molecule has 0 N–H and O–H groups in total. The minimum atomic E-state index is -0.839. The highest BCUT2D eigenvalue weighted by atomic mass is 32.3. The maximum atomic E-state index is 12.0. The van der Waals surface area contributed by atoms with Crippen molar-refractivity contribution in [3.8, 4) is 11.2 Å². The second-order valence-corrected chi connectivity index (χ2v) is 9.63. The molecule has 108 valence electrons. The maximum absolute atomic E-state index is 12.0. The first-order valence-corrected chi connectivity index (χ1v) is 9.37. The second-order valence-electron chi connectivity index (χ2n) is 5.75. The number of amides is 1. The van der Waals surface area contributed by atoms with Gasteiger partial charge in [-0.15, -0.1) is 0 Å². The summed E-state index contributed by atoms with van der Waals surface area (Å²) in [5.74, 6) is 3.22. The molecule has 1 saturated heterocycles. The molecule has 0 radical (unpaired) electrons. The lowest BCUT2D eigenvalue weighted by Crippen LogP contribution is -2.48. The van der Waals surface area contributed by atoms with Crippen molar-refractivity contribution in [3.05, 3.63) is 24.0 Å². The number of aromatic nitrogens is 1. The predicted octanol–water partition coefficient (Wildman–Crippen LogP) is 1.36. The third kappa shape index (κ3) is 3.99. The number of nitrogens with zero attached hydrogens (tertiary/aromatic N) is 3. The van der Waals surface area contributed by atoms with Crippen LogP contribution >= 0.6 is 10.0 Å². The molecule has 0 unspecified atom stereocenters.